The summed E-state index contributed by atoms with van der Waals surface area (Å²) in [7, 11) is 0. The van der Waals surface area contributed by atoms with E-state index in [1.54, 1.807) is 0 Å². The Morgan fingerprint density at radius 3 is 2.35 bits per heavy atom. The summed E-state index contributed by atoms with van der Waals surface area (Å²) in [5.41, 5.74) is -0.326. The minimum atomic E-state index is -4.11. The molecule has 1 N–H and O–H groups in total. The summed E-state index contributed by atoms with van der Waals surface area (Å²) >= 11 is 0. The van der Waals surface area contributed by atoms with Crippen molar-refractivity contribution in [1.29, 1.82) is 0 Å². The van der Waals surface area contributed by atoms with Crippen LogP contribution in [0.5, 0.6) is 0 Å². The van der Waals surface area contributed by atoms with Crippen LogP contribution in [-0.2, 0) is 4.74 Å². The van der Waals surface area contributed by atoms with Gasteiger partial charge < -0.3 is 10.1 Å². The first-order valence-corrected chi connectivity index (χ1v) is 6.43. The van der Waals surface area contributed by atoms with E-state index in [2.05, 4.69) is 5.32 Å². The van der Waals surface area contributed by atoms with Crippen molar-refractivity contribution in [3.8, 4) is 0 Å². The van der Waals surface area contributed by atoms with Crippen molar-refractivity contribution in [1.82, 2.24) is 5.32 Å². The quantitative estimate of drug-likeness (QED) is 0.783. The lowest BCUT2D eigenvalue weighted by molar-refractivity contribution is -0.157. The second-order valence-electron chi connectivity index (χ2n) is 5.26. The minimum Gasteiger partial charge on any atom is -0.373 e. The van der Waals surface area contributed by atoms with Crippen LogP contribution in [0, 0.1) is 0 Å². The predicted molar refractivity (Wildman–Crippen MR) is 58.8 cm³/mol. The van der Waals surface area contributed by atoms with Crippen molar-refractivity contribution in [2.75, 3.05) is 13.2 Å². The predicted octanol–water partition coefficient (Wildman–Crippen LogP) is 3.02. The van der Waals surface area contributed by atoms with Gasteiger partial charge in [-0.2, -0.15) is 13.2 Å². The molecule has 2 nitrogen and oxygen atoms in total. The fraction of sp³-hybridized carbons (Fsp3) is 1.00. The van der Waals surface area contributed by atoms with E-state index < -0.39 is 12.6 Å². The Hall–Kier alpha value is -0.290. The molecule has 0 radical (unpaired) electrons. The molecule has 2 fully saturated rings. The van der Waals surface area contributed by atoms with Gasteiger partial charge in [0.25, 0.3) is 0 Å². The molecule has 0 aromatic heterocycles. The van der Waals surface area contributed by atoms with Gasteiger partial charge in [0, 0.05) is 12.6 Å². The molecule has 0 bridgehead atoms. The topological polar surface area (TPSA) is 21.3 Å². The molecule has 0 spiro atoms. The molecule has 2 aliphatic rings. The van der Waals surface area contributed by atoms with Crippen LogP contribution < -0.4 is 5.32 Å². The molecule has 100 valence electrons. The fourth-order valence-electron chi connectivity index (χ4n) is 2.39. The molecular weight excluding hydrogens is 231 g/mol. The van der Waals surface area contributed by atoms with E-state index in [1.807, 2.05) is 0 Å². The van der Waals surface area contributed by atoms with E-state index >= 15 is 0 Å². The van der Waals surface area contributed by atoms with Crippen LogP contribution in [0.4, 0.5) is 13.2 Å². The highest BCUT2D eigenvalue weighted by Gasteiger charge is 2.37. The van der Waals surface area contributed by atoms with E-state index in [0.29, 0.717) is 6.04 Å². The summed E-state index contributed by atoms with van der Waals surface area (Å²) in [6.45, 7) is 0.519. The molecule has 2 saturated carbocycles. The highest BCUT2D eigenvalue weighted by Crippen LogP contribution is 2.34. The van der Waals surface area contributed by atoms with Crippen LogP contribution in [-0.4, -0.2) is 31.0 Å². The Morgan fingerprint density at radius 2 is 1.82 bits per heavy atom. The molecule has 0 heterocycles. The summed E-state index contributed by atoms with van der Waals surface area (Å²) < 4.78 is 41.8. The van der Waals surface area contributed by atoms with Gasteiger partial charge in [0.05, 0.1) is 18.6 Å². The van der Waals surface area contributed by atoms with E-state index in [9.17, 15) is 13.2 Å². The maximum Gasteiger partial charge on any atom is 0.391 e. The second kappa shape index (κ2) is 5.14. The average molecular weight is 251 g/mol. The van der Waals surface area contributed by atoms with Crippen LogP contribution >= 0.6 is 0 Å². The molecule has 0 saturated heterocycles. The molecule has 0 amide bonds. The molecule has 0 atom stereocenters. The molecule has 2 rings (SSSR count). The van der Waals surface area contributed by atoms with Crippen molar-refractivity contribution in [2.45, 2.75) is 62.8 Å². The van der Waals surface area contributed by atoms with Gasteiger partial charge in [0.1, 0.15) is 0 Å². The van der Waals surface area contributed by atoms with Crippen LogP contribution in [0.25, 0.3) is 0 Å². The molecule has 0 aromatic carbocycles. The molecule has 0 aliphatic heterocycles. The maximum absolute atomic E-state index is 12.1. The largest absolute Gasteiger partial charge is 0.391 e. The zero-order chi connectivity index (χ0) is 12.4. The van der Waals surface area contributed by atoms with Crippen LogP contribution in [0.2, 0.25) is 0 Å². The SMILES string of the molecule is FC(F)(F)CCOC1(CNC2CC2)CCCC1. The molecule has 0 unspecified atom stereocenters. The van der Waals surface area contributed by atoms with Crippen molar-refractivity contribution in [2.24, 2.45) is 0 Å². The zero-order valence-corrected chi connectivity index (χ0v) is 9.98. The van der Waals surface area contributed by atoms with Gasteiger partial charge in [-0.05, 0) is 25.7 Å². The normalized spacial score (nSPS) is 24.2. The van der Waals surface area contributed by atoms with Crippen LogP contribution in [0.1, 0.15) is 44.9 Å². The summed E-state index contributed by atoms with van der Waals surface area (Å²) in [6.07, 6.45) is 1.37. The fourth-order valence-corrected chi connectivity index (χ4v) is 2.39. The van der Waals surface area contributed by atoms with Gasteiger partial charge in [0.15, 0.2) is 0 Å². The second-order valence-corrected chi connectivity index (χ2v) is 5.26. The van der Waals surface area contributed by atoms with Crippen LogP contribution in [0.3, 0.4) is 0 Å². The molecule has 17 heavy (non-hydrogen) atoms. The molecular formula is C12H20F3NO. The Morgan fingerprint density at radius 1 is 1.18 bits per heavy atom. The zero-order valence-electron chi connectivity index (χ0n) is 9.98. The third kappa shape index (κ3) is 4.47. The van der Waals surface area contributed by atoms with Gasteiger partial charge in [-0.25, -0.2) is 0 Å². The smallest absolute Gasteiger partial charge is 0.373 e. The van der Waals surface area contributed by atoms with Gasteiger partial charge in [-0.3, -0.25) is 0 Å². The summed E-state index contributed by atoms with van der Waals surface area (Å²) in [4.78, 5) is 0. The number of hydrogen-bond acceptors (Lipinski definition) is 2. The summed E-state index contributed by atoms with van der Waals surface area (Å²) in [5.74, 6) is 0. The third-order valence-corrected chi connectivity index (χ3v) is 3.60. The number of halogens is 3. The standard InChI is InChI=1S/C12H20F3NO/c13-12(14,15)7-8-17-11(5-1-2-6-11)9-16-10-3-4-10/h10,16H,1-9H2. The number of hydrogen-bond donors (Lipinski definition) is 1. The Bertz CT molecular complexity index is 245. The van der Waals surface area contributed by atoms with E-state index in [0.717, 1.165) is 32.2 Å². The van der Waals surface area contributed by atoms with Gasteiger partial charge in [-0.15, -0.1) is 0 Å². The first-order valence-electron chi connectivity index (χ1n) is 6.43. The van der Waals surface area contributed by atoms with E-state index in [4.69, 9.17) is 4.74 Å². The van der Waals surface area contributed by atoms with Crippen molar-refractivity contribution >= 4 is 0 Å². The Balaban J connectivity index is 1.74. The lowest BCUT2D eigenvalue weighted by Gasteiger charge is -2.30. The summed E-state index contributed by atoms with van der Waals surface area (Å²) in [5, 5.41) is 3.38. The lowest BCUT2D eigenvalue weighted by atomic mass is 10.0. The highest BCUT2D eigenvalue weighted by molar-refractivity contribution is 4.92. The third-order valence-electron chi connectivity index (χ3n) is 3.60. The number of nitrogens with one attached hydrogen (secondary N) is 1. The lowest BCUT2D eigenvalue weighted by Crippen LogP contribution is -2.42. The van der Waals surface area contributed by atoms with E-state index in [-0.39, 0.29) is 12.2 Å². The van der Waals surface area contributed by atoms with Crippen molar-refractivity contribution < 1.29 is 17.9 Å². The monoisotopic (exact) mass is 251 g/mol. The van der Waals surface area contributed by atoms with Crippen LogP contribution in [0.15, 0.2) is 0 Å². The molecule has 2 aliphatic carbocycles. The van der Waals surface area contributed by atoms with Gasteiger partial charge >= 0.3 is 6.18 Å². The number of rotatable bonds is 6. The first-order chi connectivity index (χ1) is 7.99. The highest BCUT2D eigenvalue weighted by atomic mass is 19.4. The average Bonchev–Trinajstić information content (AvgIpc) is 2.95. The maximum atomic E-state index is 12.1. The van der Waals surface area contributed by atoms with E-state index in [1.165, 1.54) is 12.8 Å². The Kier molecular flexibility index (Phi) is 3.98. The number of alkyl halides is 3. The molecule has 5 heteroatoms. The van der Waals surface area contributed by atoms with Crippen molar-refractivity contribution in [3.05, 3.63) is 0 Å². The number of ether oxygens (including phenoxy) is 1. The van der Waals surface area contributed by atoms with Gasteiger partial charge in [0.2, 0.25) is 0 Å². The molecule has 0 aromatic rings. The first kappa shape index (κ1) is 13.1. The van der Waals surface area contributed by atoms with Crippen molar-refractivity contribution in [3.63, 3.8) is 0 Å². The van der Waals surface area contributed by atoms with Gasteiger partial charge in [-0.1, -0.05) is 12.8 Å². The summed E-state index contributed by atoms with van der Waals surface area (Å²) in [6, 6.07) is 0.582. The minimum absolute atomic E-state index is 0.199. The Labute approximate surface area is 99.9 Å².